The fourth-order valence-corrected chi connectivity index (χ4v) is 7.82. The van der Waals surface area contributed by atoms with E-state index in [1.807, 2.05) is 19.9 Å². The van der Waals surface area contributed by atoms with Crippen LogP contribution in [0.2, 0.25) is 0 Å². The van der Waals surface area contributed by atoms with Gasteiger partial charge in [-0.2, -0.15) is 0 Å². The molecule has 4 rings (SSSR count). The lowest BCUT2D eigenvalue weighted by Gasteiger charge is -2.60. The quantitative estimate of drug-likeness (QED) is 0.646. The molecule has 0 aromatic heterocycles. The van der Waals surface area contributed by atoms with Crippen LogP contribution < -0.4 is 0 Å². The van der Waals surface area contributed by atoms with Crippen molar-refractivity contribution in [2.45, 2.75) is 72.0 Å². The molecule has 4 aliphatic rings. The maximum Gasteiger partial charge on any atom is 0.303 e. The van der Waals surface area contributed by atoms with Crippen molar-refractivity contribution in [1.82, 2.24) is 0 Å². The van der Waals surface area contributed by atoms with Crippen LogP contribution in [-0.4, -0.2) is 46.9 Å². The monoisotopic (exact) mass is 458 g/mol. The molecular weight excluding hydrogens is 424 g/mol. The van der Waals surface area contributed by atoms with Gasteiger partial charge in [-0.1, -0.05) is 32.4 Å². The van der Waals surface area contributed by atoms with Crippen molar-refractivity contribution < 1.29 is 33.8 Å². The topological polar surface area (TPSA) is 107 Å². The van der Waals surface area contributed by atoms with Gasteiger partial charge in [0.2, 0.25) is 5.78 Å². The predicted octanol–water partition coefficient (Wildman–Crippen LogP) is 2.95. The summed E-state index contributed by atoms with van der Waals surface area (Å²) in [6.45, 7) is 8.04. The molecule has 4 aliphatic carbocycles. The van der Waals surface area contributed by atoms with Crippen molar-refractivity contribution in [3.05, 3.63) is 23.8 Å². The Kier molecular flexibility index (Phi) is 5.71. The van der Waals surface area contributed by atoms with Gasteiger partial charge >= 0.3 is 11.9 Å². The maximum atomic E-state index is 13.3. The van der Waals surface area contributed by atoms with Gasteiger partial charge in [0.05, 0.1) is 0 Å². The van der Waals surface area contributed by atoms with E-state index in [1.54, 1.807) is 12.2 Å². The van der Waals surface area contributed by atoms with E-state index in [4.69, 9.17) is 9.47 Å². The van der Waals surface area contributed by atoms with Crippen LogP contribution in [0, 0.1) is 34.5 Å². The Balaban J connectivity index is 1.77. The number of hydrogen-bond acceptors (Lipinski definition) is 7. The summed E-state index contributed by atoms with van der Waals surface area (Å²) in [5.41, 5.74) is -1.89. The first kappa shape index (κ1) is 23.9. The van der Waals surface area contributed by atoms with E-state index in [2.05, 4.69) is 6.92 Å². The number of allylic oxidation sites excluding steroid dienone is 4. The first-order valence-corrected chi connectivity index (χ1v) is 11.8. The largest absolute Gasteiger partial charge is 0.462 e. The van der Waals surface area contributed by atoms with E-state index in [1.165, 1.54) is 13.8 Å². The van der Waals surface area contributed by atoms with Crippen molar-refractivity contribution in [3.63, 3.8) is 0 Å². The molecule has 180 valence electrons. The van der Waals surface area contributed by atoms with Crippen LogP contribution in [0.1, 0.15) is 60.3 Å². The van der Waals surface area contributed by atoms with Gasteiger partial charge in [0, 0.05) is 30.6 Å². The summed E-state index contributed by atoms with van der Waals surface area (Å²) in [4.78, 5) is 48.8. The second kappa shape index (κ2) is 7.90. The van der Waals surface area contributed by atoms with E-state index in [0.29, 0.717) is 12.8 Å². The molecule has 8 atom stereocenters. The van der Waals surface area contributed by atoms with Crippen LogP contribution in [0.4, 0.5) is 0 Å². The average Bonchev–Trinajstić information content (AvgIpc) is 2.93. The highest BCUT2D eigenvalue weighted by molar-refractivity contribution is 6.01. The molecular formula is C26H34O7. The Morgan fingerprint density at radius 3 is 2.52 bits per heavy atom. The fourth-order valence-electron chi connectivity index (χ4n) is 7.82. The summed E-state index contributed by atoms with van der Waals surface area (Å²) in [6, 6.07) is 0. The average molecular weight is 459 g/mol. The van der Waals surface area contributed by atoms with Crippen LogP contribution in [0.25, 0.3) is 0 Å². The lowest BCUT2D eigenvalue weighted by atomic mass is 9.46. The first-order chi connectivity index (χ1) is 15.3. The molecule has 3 fully saturated rings. The smallest absolute Gasteiger partial charge is 0.303 e. The molecule has 7 heteroatoms. The van der Waals surface area contributed by atoms with Gasteiger partial charge in [-0.3, -0.25) is 19.2 Å². The second-order valence-corrected chi connectivity index (χ2v) is 10.9. The summed E-state index contributed by atoms with van der Waals surface area (Å²) in [6.07, 6.45) is 7.29. The highest BCUT2D eigenvalue weighted by atomic mass is 16.5. The summed E-state index contributed by atoms with van der Waals surface area (Å²) in [5, 5.41) is 11.9. The number of esters is 2. The third-order valence-electron chi connectivity index (χ3n) is 9.20. The number of ketones is 2. The SMILES string of the molecule is CC(=O)OCC(=O)[C@@]1(O)[C@H](C)C[C@@H]2[C@@H]3CCC4=CC(=O)C=C[C@]4(C)[C@H]3[C@H](OC(C)=O)C[C@@]21C. The van der Waals surface area contributed by atoms with Crippen molar-refractivity contribution in [3.8, 4) is 0 Å². The van der Waals surface area contributed by atoms with E-state index >= 15 is 0 Å². The lowest BCUT2D eigenvalue weighted by molar-refractivity contribution is -0.195. The van der Waals surface area contributed by atoms with Gasteiger partial charge in [-0.15, -0.1) is 0 Å². The van der Waals surface area contributed by atoms with Crippen LogP contribution in [0.3, 0.4) is 0 Å². The fraction of sp³-hybridized carbons (Fsp3) is 0.692. The summed E-state index contributed by atoms with van der Waals surface area (Å²) < 4.78 is 10.9. The molecule has 7 nitrogen and oxygen atoms in total. The molecule has 3 saturated carbocycles. The molecule has 0 aromatic carbocycles. The molecule has 0 aliphatic heterocycles. The van der Waals surface area contributed by atoms with E-state index in [0.717, 1.165) is 18.4 Å². The van der Waals surface area contributed by atoms with Crippen LogP contribution in [-0.2, 0) is 28.7 Å². The Morgan fingerprint density at radius 1 is 1.18 bits per heavy atom. The molecule has 1 N–H and O–H groups in total. The van der Waals surface area contributed by atoms with Crippen LogP contribution in [0.15, 0.2) is 23.8 Å². The zero-order chi connectivity index (χ0) is 24.3. The Morgan fingerprint density at radius 2 is 1.88 bits per heavy atom. The van der Waals surface area contributed by atoms with Crippen molar-refractivity contribution in [2.24, 2.45) is 34.5 Å². The van der Waals surface area contributed by atoms with E-state index in [9.17, 15) is 24.3 Å². The summed E-state index contributed by atoms with van der Waals surface area (Å²) in [5.74, 6) is -1.75. The molecule has 0 heterocycles. The molecule has 0 bridgehead atoms. The first-order valence-electron chi connectivity index (χ1n) is 11.8. The third-order valence-corrected chi connectivity index (χ3v) is 9.20. The molecule has 0 radical (unpaired) electrons. The lowest BCUT2D eigenvalue weighted by Crippen LogP contribution is -2.63. The number of hydrogen-bond donors (Lipinski definition) is 1. The van der Waals surface area contributed by atoms with Gasteiger partial charge in [-0.05, 0) is 55.6 Å². The van der Waals surface area contributed by atoms with E-state index < -0.39 is 46.9 Å². The number of ether oxygens (including phenoxy) is 2. The number of rotatable bonds is 4. The number of carbonyl (C=O) groups is 4. The second-order valence-electron chi connectivity index (χ2n) is 10.9. The van der Waals surface area contributed by atoms with Gasteiger partial charge in [-0.25, -0.2) is 0 Å². The minimum absolute atomic E-state index is 0.0226. The molecule has 0 saturated heterocycles. The van der Waals surface area contributed by atoms with Crippen molar-refractivity contribution in [2.75, 3.05) is 6.61 Å². The van der Waals surface area contributed by atoms with Gasteiger partial charge in [0.15, 0.2) is 12.4 Å². The van der Waals surface area contributed by atoms with Crippen molar-refractivity contribution >= 4 is 23.5 Å². The highest BCUT2D eigenvalue weighted by Gasteiger charge is 2.71. The Labute approximate surface area is 194 Å². The van der Waals surface area contributed by atoms with Crippen LogP contribution >= 0.6 is 0 Å². The molecule has 0 unspecified atom stereocenters. The highest BCUT2D eigenvalue weighted by Crippen LogP contribution is 2.68. The number of Topliss-reactive ketones (excluding diaryl/α,β-unsaturated/α-hetero) is 1. The molecule has 33 heavy (non-hydrogen) atoms. The standard InChI is InChI=1S/C26H34O7/c1-14-10-20-19-7-6-17-11-18(29)8-9-24(17,4)23(19)21(33-16(3)28)12-25(20,5)26(14,31)22(30)13-32-15(2)27/h8-9,11,14,19-21,23,31H,6-7,10,12-13H2,1-5H3/t14-,19+,20-,21-,23-,24+,25+,26+/m1/s1. The number of fused-ring (bicyclic) bond motifs is 5. The van der Waals surface area contributed by atoms with E-state index in [-0.39, 0.29) is 29.5 Å². The van der Waals surface area contributed by atoms with Crippen molar-refractivity contribution in [1.29, 1.82) is 0 Å². The van der Waals surface area contributed by atoms with Gasteiger partial charge < -0.3 is 14.6 Å². The number of aliphatic hydroxyl groups is 1. The Hall–Kier alpha value is -2.28. The molecule has 0 spiro atoms. The predicted molar refractivity (Wildman–Crippen MR) is 119 cm³/mol. The minimum atomic E-state index is -1.69. The zero-order valence-corrected chi connectivity index (χ0v) is 20.1. The summed E-state index contributed by atoms with van der Waals surface area (Å²) in [7, 11) is 0. The molecule has 0 aromatic rings. The summed E-state index contributed by atoms with van der Waals surface area (Å²) >= 11 is 0. The normalized spacial score (nSPS) is 43.6. The molecule has 0 amide bonds. The van der Waals surface area contributed by atoms with Gasteiger partial charge in [0.25, 0.3) is 0 Å². The zero-order valence-electron chi connectivity index (χ0n) is 20.1. The number of carbonyl (C=O) groups excluding carboxylic acids is 4. The third kappa shape index (κ3) is 3.42. The van der Waals surface area contributed by atoms with Crippen LogP contribution in [0.5, 0.6) is 0 Å². The minimum Gasteiger partial charge on any atom is -0.462 e. The van der Waals surface area contributed by atoms with Gasteiger partial charge in [0.1, 0.15) is 11.7 Å². The Bertz CT molecular complexity index is 964. The maximum absolute atomic E-state index is 13.3.